The molecule has 35 nitrogen and oxygen atoms in total. The lowest BCUT2D eigenvalue weighted by Gasteiger charge is -2.41. The Labute approximate surface area is 793 Å². The van der Waals surface area contributed by atoms with Crippen LogP contribution in [0, 0.1) is 0 Å². The number of aliphatic hydroxyl groups excluding tert-OH is 10. The molecule has 1 amide bonds. The first-order chi connectivity index (χ1) is 63.7. The molecule has 13 heterocycles. The molecule has 5 aromatic carbocycles. The molecule has 136 heavy (non-hydrogen) atoms. The number of hydrogen-bond donors (Lipinski definition) is 10. The number of rotatable bonds is 19. The van der Waals surface area contributed by atoms with Crippen LogP contribution in [0.3, 0.4) is 0 Å². The second-order valence-corrected chi connectivity index (χ2v) is 41.7. The van der Waals surface area contributed by atoms with Crippen molar-refractivity contribution < 1.29 is 89.1 Å². The highest BCUT2D eigenvalue weighted by atomic mass is 79.9. The lowest BCUT2D eigenvalue weighted by Crippen LogP contribution is -2.48. The summed E-state index contributed by atoms with van der Waals surface area (Å²) >= 11 is 3.30. The number of aryl methyl sites for hydroxylation is 4. The molecule has 0 unspecified atom stereocenters. The molecule has 0 aliphatic carbocycles. The molecule has 0 bridgehead atoms. The van der Waals surface area contributed by atoms with Crippen molar-refractivity contribution in [2.24, 2.45) is 0 Å². The number of nitrogens with zero attached hydrogens (tertiary/aromatic N) is 9. The fourth-order valence-electron chi connectivity index (χ4n) is 19.5. The van der Waals surface area contributed by atoms with Crippen LogP contribution in [0.5, 0.6) is 0 Å². The van der Waals surface area contributed by atoms with Gasteiger partial charge in [0.15, 0.2) is 17.4 Å². The number of carbonyl (C=O) groups is 2. The minimum Gasteiger partial charge on any atom is -0.394 e. The summed E-state index contributed by atoms with van der Waals surface area (Å²) in [5.74, 6) is -2.44. The highest BCUT2D eigenvalue weighted by Crippen LogP contribution is 2.45. The van der Waals surface area contributed by atoms with E-state index in [0.29, 0.717) is 80.1 Å². The Bertz CT molecular complexity index is 6470. The van der Waals surface area contributed by atoms with E-state index in [1.165, 1.54) is 23.8 Å². The van der Waals surface area contributed by atoms with Crippen LogP contribution in [0.15, 0.2) is 154 Å². The fourth-order valence-corrected chi connectivity index (χ4v) is 19.7. The van der Waals surface area contributed by atoms with Crippen LogP contribution in [0.4, 0.5) is 5.69 Å². The Kier molecular flexibility index (Phi) is 30.7. The van der Waals surface area contributed by atoms with Gasteiger partial charge < -0.3 is 103 Å². The average molecular weight is 1950 g/mol. The lowest BCUT2D eigenvalue weighted by molar-refractivity contribution is -0.161. The van der Waals surface area contributed by atoms with E-state index in [9.17, 15) is 88.8 Å². The van der Waals surface area contributed by atoms with E-state index in [2.05, 4.69) is 97.3 Å². The molecule has 9 aliphatic rings. The van der Waals surface area contributed by atoms with Gasteiger partial charge in [0.25, 0.3) is 5.91 Å². The largest absolute Gasteiger partial charge is 0.394 e. The third-order valence-corrected chi connectivity index (χ3v) is 28.0. The number of hydrogen-bond acceptors (Lipinski definition) is 26. The van der Waals surface area contributed by atoms with Crippen molar-refractivity contribution >= 4 is 77.4 Å². The number of anilines is 1. The van der Waals surface area contributed by atoms with Gasteiger partial charge in [-0.25, -0.2) is 0 Å². The summed E-state index contributed by atoms with van der Waals surface area (Å²) in [6.45, 7) is 34.1. The molecule has 9 aliphatic heterocycles. The number of benzene rings is 5. The van der Waals surface area contributed by atoms with Crippen molar-refractivity contribution in [1.82, 2.24) is 36.5 Å². The predicted octanol–water partition coefficient (Wildman–Crippen LogP) is 5.02. The average Bonchev–Trinajstić information content (AvgIpc) is 0.845. The van der Waals surface area contributed by atoms with E-state index in [1.54, 1.807) is 58.2 Å². The van der Waals surface area contributed by atoms with Crippen LogP contribution < -0.4 is 49.4 Å². The monoisotopic (exact) mass is 1950 g/mol. The number of para-hydroxylation sites is 5. The molecule has 3 saturated heterocycles. The maximum absolute atomic E-state index is 12.8. The first-order valence-corrected chi connectivity index (χ1v) is 47.4. The molecule has 9 aromatic rings. The Hall–Kier alpha value is -9.68. The zero-order valence-corrected chi connectivity index (χ0v) is 81.7. The number of Topliss-reactive ketones (excluding diaryl/α,β-unsaturated/α-hetero) is 1. The number of ether oxygens (including phenoxy) is 6. The summed E-state index contributed by atoms with van der Waals surface area (Å²) in [4.78, 5) is 127. The van der Waals surface area contributed by atoms with Crippen molar-refractivity contribution in [1.29, 1.82) is 0 Å². The second-order valence-electron chi connectivity index (χ2n) is 41.0. The van der Waals surface area contributed by atoms with Crippen LogP contribution in [0.2, 0.25) is 0 Å². The molecule has 18 rings (SSSR count). The van der Waals surface area contributed by atoms with Crippen LogP contribution >= 0.6 is 15.9 Å². The Morgan fingerprint density at radius 2 is 0.691 bits per heavy atom. The molecule has 36 heteroatoms. The predicted molar refractivity (Wildman–Crippen MR) is 515 cm³/mol. The summed E-state index contributed by atoms with van der Waals surface area (Å²) in [6, 6.07) is 28.4. The summed E-state index contributed by atoms with van der Waals surface area (Å²) in [6.07, 6.45) is -0.640. The summed E-state index contributed by atoms with van der Waals surface area (Å²) in [5, 5.41) is 99.0. The third-order valence-electron chi connectivity index (χ3n) is 27.7. The van der Waals surface area contributed by atoms with Gasteiger partial charge in [-0.3, -0.25) is 66.2 Å². The van der Waals surface area contributed by atoms with Crippen LogP contribution in [-0.4, -0.2) is 229 Å². The van der Waals surface area contributed by atoms with E-state index < -0.39 is 130 Å². The van der Waals surface area contributed by atoms with Crippen molar-refractivity contribution in [3.63, 3.8) is 0 Å². The number of ketones is 1. The van der Waals surface area contributed by atoms with E-state index in [-0.39, 0.29) is 83.6 Å². The first-order valence-electron chi connectivity index (χ1n) is 46.3. The summed E-state index contributed by atoms with van der Waals surface area (Å²) in [5.41, 5.74) is 6.88. The Balaban J connectivity index is 0.000000141. The number of amides is 1. The van der Waals surface area contributed by atoms with Gasteiger partial charge in [-0.1, -0.05) is 176 Å². The third kappa shape index (κ3) is 21.1. The summed E-state index contributed by atoms with van der Waals surface area (Å²) in [7, 11) is 0. The lowest BCUT2D eigenvalue weighted by atomic mass is 9.75. The number of alkyl halides is 1. The molecule has 0 saturated carbocycles. The van der Waals surface area contributed by atoms with Gasteiger partial charge in [-0.2, -0.15) is 0 Å². The highest BCUT2D eigenvalue weighted by Gasteiger charge is 2.44. The van der Waals surface area contributed by atoms with Crippen molar-refractivity contribution in [2.45, 2.75) is 313 Å². The zero-order chi connectivity index (χ0) is 99.5. The van der Waals surface area contributed by atoms with Gasteiger partial charge in [0.05, 0.1) is 102 Å². The molecule has 0 radical (unpaired) electrons. The maximum Gasteiger partial charge on any atom is 0.317 e. The number of aliphatic hydroxyl groups is 10. The van der Waals surface area contributed by atoms with Crippen molar-refractivity contribution in [3.05, 3.63) is 232 Å². The fraction of sp³-hybridized carbons (Fsp3) is 0.560. The second kappa shape index (κ2) is 40.3. The van der Waals surface area contributed by atoms with E-state index in [4.69, 9.17) is 38.6 Å². The van der Waals surface area contributed by atoms with Gasteiger partial charge >= 0.3 is 44.5 Å². The maximum atomic E-state index is 12.8. The van der Waals surface area contributed by atoms with Crippen LogP contribution in [0.25, 0.3) is 44.1 Å². The molecule has 10 N–H and O–H groups in total. The van der Waals surface area contributed by atoms with Gasteiger partial charge in [-0.15, -0.1) is 0 Å². The molecule has 11 atom stereocenters. The van der Waals surface area contributed by atoms with Crippen LogP contribution in [-0.2, 0) is 124 Å². The molecule has 3 fully saturated rings. The number of halogens is 1. The van der Waals surface area contributed by atoms with Crippen LogP contribution in [0.1, 0.15) is 176 Å². The van der Waals surface area contributed by atoms with Gasteiger partial charge in [0.1, 0.15) is 67.1 Å². The molecular formula is C100H130BrN9O26. The molecule has 4 aromatic heterocycles. The number of aromatic nitrogens is 8. The van der Waals surface area contributed by atoms with E-state index >= 15 is 0 Å². The SMILES string of the molecule is CC1(C)CCN2C(=O)C(=O)Cc3cccc1c32.CC1(C)CCn2c(=O)c(=O)n(C[C@@H](O)[C@H](O)[C@H](O)CO)c3cccc1c32.CC1(C)CCn2c(=O)c(=O)n(C[C@H](O)[C@@H](O)[C@H](O)CO)c3cccc1c32.CC1(C)OC[C@H](/C=C/CBr)O1.CC1(C)OC[C@H](/C=C/Cn2c(=O)c(=O)n3c4c(cccc42)C(C)(C)CC3)O1.CC1(C)OC[C@H]([C@@H](O)[C@H](O)Cn2c(=O)c(=O)n3c4c(cccc42)C(C)(C)CC3)O1. The van der Waals surface area contributed by atoms with Gasteiger partial charge in [0, 0.05) is 51.0 Å². The van der Waals surface area contributed by atoms with E-state index in [1.807, 2.05) is 101 Å². The summed E-state index contributed by atoms with van der Waals surface area (Å²) < 4.78 is 44.5. The topological polar surface area (TPSA) is 471 Å². The first kappa shape index (κ1) is 104. The smallest absolute Gasteiger partial charge is 0.317 e. The number of allylic oxidation sites excluding steroid dienone is 2. The Morgan fingerprint density at radius 1 is 0.375 bits per heavy atom. The standard InChI is InChI=1S/C21H28N2O6.C21H26N2O4.2C18H24N2O6.C14H15NO2.C8H13BrO2/c1-20(2)8-9-22-16-12(20)6-5-7-13(16)23(19(27)18(22)26)10-14(24)17(25)15-11-28-21(3,4)29-15;1-20(2)10-12-23-17-15(20)8-5-9-16(17)22(18(24)19(23)25)11-6-7-14-13-26-21(3,4)27-14;2*1-18(2)6-7-19-14-10(18)4-3-5-11(14)20(17(26)16(19)25)8-12(22)15(24)13(23)9-21;1-14(2)6-7-15-12-9(4-3-5-10(12)14)8-11(16)13(15)17;1-8(2)10-6-7(11-8)4-3-5-9/h5-7,14-15,17,24-25H,8-11H2,1-4H3;5-9,14H,10-13H2,1-4H3;2*3-5,12-13,15,21-24H,6-9H2,1-2H3;3-5H,6-8H2,1-2H3;3-4,7H,5-6H2,1-2H3/b;7-6+;;;;4-3+/t14-,15-,17+;14-;12-,13+,15+;12-,13-,15+;;7-/m1001.0/s1. The van der Waals surface area contributed by atoms with Gasteiger partial charge in [-0.05, 0) is 158 Å². The minimum atomic E-state index is -1.64. The zero-order valence-electron chi connectivity index (χ0n) is 80.1. The van der Waals surface area contributed by atoms with Crippen molar-refractivity contribution in [3.8, 4) is 0 Å². The van der Waals surface area contributed by atoms with Crippen molar-refractivity contribution in [2.75, 3.05) is 49.8 Å². The Morgan fingerprint density at radius 3 is 1.04 bits per heavy atom. The minimum absolute atomic E-state index is 0.0232. The van der Waals surface area contributed by atoms with Gasteiger partial charge in [0.2, 0.25) is 5.78 Å². The molecule has 738 valence electrons. The molecule has 0 spiro atoms. The highest BCUT2D eigenvalue weighted by molar-refractivity contribution is 9.09. The normalized spacial score (nSPS) is 22.3. The molecular weight excluding hydrogens is 1820 g/mol. The quantitative estimate of drug-likeness (QED) is 0.0288. The number of carbonyl (C=O) groups excluding carboxylic acids is 2. The van der Waals surface area contributed by atoms with E-state index in [0.717, 1.165) is 96.6 Å².